The molecule has 0 saturated heterocycles. The largest absolute Gasteiger partial charge is 0.481 e. The molecule has 7 heteroatoms. The third-order valence-electron chi connectivity index (χ3n) is 6.12. The van der Waals surface area contributed by atoms with Gasteiger partial charge in [-0.25, -0.2) is 4.79 Å². The second kappa shape index (κ2) is 8.83. The summed E-state index contributed by atoms with van der Waals surface area (Å²) in [6.45, 7) is 1.82. The first-order valence-electron chi connectivity index (χ1n) is 11.0. The molecule has 1 aliphatic rings. The summed E-state index contributed by atoms with van der Waals surface area (Å²) in [6.07, 6.45) is 1.97. The second-order valence-corrected chi connectivity index (χ2v) is 9.46. The Morgan fingerprint density at radius 3 is 2.38 bits per heavy atom. The van der Waals surface area contributed by atoms with E-state index in [1.807, 2.05) is 73.7 Å². The van der Waals surface area contributed by atoms with Gasteiger partial charge in [0.15, 0.2) is 5.76 Å². The fraction of sp³-hybridized carbons (Fsp3) is 0.185. The van der Waals surface area contributed by atoms with Gasteiger partial charge in [0.25, 0.3) is 0 Å². The zero-order chi connectivity index (χ0) is 23.7. The monoisotopic (exact) mass is 473 g/mol. The van der Waals surface area contributed by atoms with Crippen molar-refractivity contribution in [2.45, 2.75) is 31.3 Å². The van der Waals surface area contributed by atoms with Gasteiger partial charge in [0.05, 0.1) is 12.0 Å². The van der Waals surface area contributed by atoms with Gasteiger partial charge in [-0.1, -0.05) is 54.6 Å². The first kappa shape index (κ1) is 22.0. The number of carboxylic acid groups (broad SMARTS) is 1. The quantitative estimate of drug-likeness (QED) is 0.299. The van der Waals surface area contributed by atoms with Crippen molar-refractivity contribution >= 4 is 29.1 Å². The van der Waals surface area contributed by atoms with Crippen molar-refractivity contribution in [2.75, 3.05) is 5.32 Å². The summed E-state index contributed by atoms with van der Waals surface area (Å²) in [5, 5.41) is 12.3. The number of carboxylic acids is 1. The van der Waals surface area contributed by atoms with Crippen molar-refractivity contribution in [3.8, 4) is 21.8 Å². The Kier molecular flexibility index (Phi) is 5.71. The van der Waals surface area contributed by atoms with Crippen LogP contribution in [-0.2, 0) is 14.9 Å². The summed E-state index contributed by atoms with van der Waals surface area (Å²) in [5.74, 6) is -0.212. The van der Waals surface area contributed by atoms with E-state index in [0.29, 0.717) is 24.3 Å². The maximum atomic E-state index is 12.4. The number of ether oxygens (including phenoxy) is 1. The summed E-state index contributed by atoms with van der Waals surface area (Å²) in [4.78, 5) is 26.0. The Bertz CT molecular complexity index is 1320. The maximum Gasteiger partial charge on any atom is 0.412 e. The van der Waals surface area contributed by atoms with Crippen LogP contribution in [0.15, 0.2) is 83.5 Å². The number of amides is 1. The van der Waals surface area contributed by atoms with E-state index in [2.05, 4.69) is 5.32 Å². The summed E-state index contributed by atoms with van der Waals surface area (Å²) in [7, 11) is 0. The first-order valence-corrected chi connectivity index (χ1v) is 11.8. The molecule has 0 spiro atoms. The highest BCUT2D eigenvalue weighted by Gasteiger charge is 2.52. The molecule has 0 unspecified atom stereocenters. The number of furan rings is 1. The molecule has 0 aliphatic heterocycles. The smallest absolute Gasteiger partial charge is 0.412 e. The van der Waals surface area contributed by atoms with E-state index < -0.39 is 17.5 Å². The van der Waals surface area contributed by atoms with Crippen molar-refractivity contribution in [3.63, 3.8) is 0 Å². The van der Waals surface area contributed by atoms with Crippen molar-refractivity contribution in [3.05, 3.63) is 89.5 Å². The first-order chi connectivity index (χ1) is 16.5. The van der Waals surface area contributed by atoms with E-state index in [4.69, 9.17) is 9.15 Å². The van der Waals surface area contributed by atoms with Crippen LogP contribution in [0.2, 0.25) is 0 Å². The molecule has 6 nitrogen and oxygen atoms in total. The fourth-order valence-corrected chi connectivity index (χ4v) is 5.20. The number of anilines is 1. The highest BCUT2D eigenvalue weighted by Crippen LogP contribution is 2.51. The summed E-state index contributed by atoms with van der Waals surface area (Å²) < 4.78 is 11.1. The van der Waals surface area contributed by atoms with Crippen LogP contribution in [0.5, 0.6) is 0 Å². The van der Waals surface area contributed by atoms with Gasteiger partial charge in [-0.3, -0.25) is 10.1 Å². The van der Waals surface area contributed by atoms with Crippen LogP contribution in [-0.4, -0.2) is 17.2 Å². The van der Waals surface area contributed by atoms with Gasteiger partial charge in [-0.2, -0.15) is 0 Å². The summed E-state index contributed by atoms with van der Waals surface area (Å²) >= 11 is 1.52. The van der Waals surface area contributed by atoms with Crippen LogP contribution in [0.3, 0.4) is 0 Å². The van der Waals surface area contributed by atoms with E-state index in [0.717, 1.165) is 26.4 Å². The molecule has 2 aromatic carbocycles. The van der Waals surface area contributed by atoms with Gasteiger partial charge in [0, 0.05) is 21.4 Å². The van der Waals surface area contributed by atoms with E-state index >= 15 is 0 Å². The average molecular weight is 474 g/mol. The van der Waals surface area contributed by atoms with E-state index in [1.165, 1.54) is 17.6 Å². The van der Waals surface area contributed by atoms with Gasteiger partial charge in [-0.15, -0.1) is 11.3 Å². The van der Waals surface area contributed by atoms with Gasteiger partial charge in [0.1, 0.15) is 11.5 Å². The number of thiophene rings is 1. The molecular weight excluding hydrogens is 450 g/mol. The van der Waals surface area contributed by atoms with Gasteiger partial charge in [-0.05, 0) is 43.0 Å². The zero-order valence-electron chi connectivity index (χ0n) is 18.5. The fourth-order valence-electron chi connectivity index (χ4n) is 3.95. The molecule has 0 bridgehead atoms. The average Bonchev–Trinajstić information content (AvgIpc) is 3.29. The molecular formula is C27H23NO5S. The predicted molar refractivity (Wildman–Crippen MR) is 131 cm³/mol. The Hall–Kier alpha value is -3.84. The minimum absolute atomic E-state index is 0.387. The maximum absolute atomic E-state index is 12.4. The third kappa shape index (κ3) is 4.22. The third-order valence-corrected chi connectivity index (χ3v) is 7.46. The van der Waals surface area contributed by atoms with Crippen LogP contribution in [0.25, 0.3) is 21.8 Å². The van der Waals surface area contributed by atoms with Crippen molar-refractivity contribution in [2.24, 2.45) is 0 Å². The molecule has 2 N–H and O–H groups in total. The van der Waals surface area contributed by atoms with Gasteiger partial charge >= 0.3 is 12.1 Å². The standard InChI is InChI=1S/C27H23NO5S/c1-17(18-5-3-2-4-6-18)33-26(31)28-21-13-16-32-24(21)20-9-7-19(8-10-20)22-11-12-23(34-22)27(14-15-27)25(29)30/h2-13,16-17H,14-15H2,1H3,(H,28,31)(H,29,30)/t17-/m1/s1. The molecule has 1 atom stereocenters. The van der Waals surface area contributed by atoms with Gasteiger partial charge < -0.3 is 14.3 Å². The molecule has 1 saturated carbocycles. The number of hydrogen-bond acceptors (Lipinski definition) is 5. The van der Waals surface area contributed by atoms with Gasteiger partial charge in [0.2, 0.25) is 0 Å². The Morgan fingerprint density at radius 1 is 1.00 bits per heavy atom. The number of benzene rings is 2. The van der Waals surface area contributed by atoms with Crippen molar-refractivity contribution in [1.29, 1.82) is 0 Å². The number of aliphatic carboxylic acids is 1. The molecule has 0 radical (unpaired) electrons. The minimum Gasteiger partial charge on any atom is -0.481 e. The lowest BCUT2D eigenvalue weighted by Gasteiger charge is -2.14. The highest BCUT2D eigenvalue weighted by molar-refractivity contribution is 7.15. The van der Waals surface area contributed by atoms with Crippen LogP contribution >= 0.6 is 11.3 Å². The summed E-state index contributed by atoms with van der Waals surface area (Å²) in [6, 6.07) is 22.9. The molecule has 1 amide bonds. The number of carbonyl (C=O) groups is 2. The minimum atomic E-state index is -0.745. The molecule has 1 aliphatic carbocycles. The zero-order valence-corrected chi connectivity index (χ0v) is 19.3. The molecule has 4 aromatic rings. The Labute approximate surface area is 200 Å². The summed E-state index contributed by atoms with van der Waals surface area (Å²) in [5.41, 5.74) is 2.55. The van der Waals surface area contributed by atoms with Crippen molar-refractivity contribution in [1.82, 2.24) is 0 Å². The highest BCUT2D eigenvalue weighted by atomic mass is 32.1. The Morgan fingerprint density at radius 2 is 1.71 bits per heavy atom. The SMILES string of the molecule is C[C@@H](OC(=O)Nc1ccoc1-c1ccc(-c2ccc(C3(C(=O)O)CC3)s2)cc1)c1ccccc1. The lowest BCUT2D eigenvalue weighted by Crippen LogP contribution is -2.17. The number of nitrogens with one attached hydrogen (secondary N) is 1. The lowest BCUT2D eigenvalue weighted by molar-refractivity contribution is -0.139. The molecule has 5 rings (SSSR count). The molecule has 2 aromatic heterocycles. The number of hydrogen-bond donors (Lipinski definition) is 2. The van der Waals surface area contributed by atoms with Crippen LogP contribution in [0.4, 0.5) is 10.5 Å². The predicted octanol–water partition coefficient (Wildman–Crippen LogP) is 7.10. The lowest BCUT2D eigenvalue weighted by atomic mass is 10.1. The second-order valence-electron chi connectivity index (χ2n) is 8.38. The van der Waals surface area contributed by atoms with Crippen LogP contribution in [0, 0.1) is 0 Å². The van der Waals surface area contributed by atoms with E-state index in [9.17, 15) is 14.7 Å². The van der Waals surface area contributed by atoms with Crippen molar-refractivity contribution < 1.29 is 23.8 Å². The number of carbonyl (C=O) groups excluding carboxylic acids is 1. The molecule has 1 fully saturated rings. The molecule has 2 heterocycles. The van der Waals surface area contributed by atoms with E-state index in [-0.39, 0.29) is 6.10 Å². The van der Waals surface area contributed by atoms with Crippen LogP contribution < -0.4 is 5.32 Å². The topological polar surface area (TPSA) is 88.8 Å². The Balaban J connectivity index is 1.28. The molecule has 34 heavy (non-hydrogen) atoms. The normalized spacial score (nSPS) is 14.9. The molecule has 172 valence electrons. The number of rotatable bonds is 7. The van der Waals surface area contributed by atoms with Crippen LogP contribution in [0.1, 0.15) is 36.3 Å². The van der Waals surface area contributed by atoms with E-state index in [1.54, 1.807) is 6.07 Å².